The molecular formula is C35H65O14P. The topological polar surface area (TPSA) is 159 Å². The van der Waals surface area contributed by atoms with E-state index in [-0.39, 0.29) is 13.2 Å². The number of hydrogen-bond acceptors (Lipinski definition) is 12. The Balaban J connectivity index is 1.74. The highest BCUT2D eigenvalue weighted by Crippen LogP contribution is 2.35. The van der Waals surface area contributed by atoms with Crippen molar-refractivity contribution in [1.82, 2.24) is 0 Å². The van der Waals surface area contributed by atoms with Gasteiger partial charge in [-0.25, -0.2) is 4.57 Å². The van der Waals surface area contributed by atoms with Gasteiger partial charge in [0.05, 0.1) is 126 Å². The lowest BCUT2D eigenvalue weighted by Crippen LogP contribution is -2.15. The van der Waals surface area contributed by atoms with E-state index in [2.05, 4.69) is 23.6 Å². The van der Waals surface area contributed by atoms with Crippen molar-refractivity contribution in [2.45, 2.75) is 58.3 Å². The van der Waals surface area contributed by atoms with Gasteiger partial charge in [-0.3, -0.25) is 4.52 Å². The molecule has 1 rings (SSSR count). The second-order valence-corrected chi connectivity index (χ2v) is 12.4. The summed E-state index contributed by atoms with van der Waals surface area (Å²) < 4.78 is 69.7. The summed E-state index contributed by atoms with van der Waals surface area (Å²) in [5.74, 6) is 0.966. The van der Waals surface area contributed by atoms with Gasteiger partial charge in [-0.05, 0) is 24.5 Å². The SMILES string of the molecule is CCCCCCCCCc1ccccc1OCCOCCOCCOCCOCCOCCOCCOCCOCCOCCOP(=O)(O)O. The summed E-state index contributed by atoms with van der Waals surface area (Å²) in [6, 6.07) is 8.31. The maximum atomic E-state index is 10.5. The van der Waals surface area contributed by atoms with E-state index in [0.29, 0.717) is 119 Å². The van der Waals surface area contributed by atoms with Gasteiger partial charge < -0.3 is 57.2 Å². The van der Waals surface area contributed by atoms with Crippen molar-refractivity contribution in [2.75, 3.05) is 132 Å². The van der Waals surface area contributed by atoms with Crippen molar-refractivity contribution in [2.24, 2.45) is 0 Å². The van der Waals surface area contributed by atoms with Crippen LogP contribution in [0.25, 0.3) is 0 Å². The molecular weight excluding hydrogens is 675 g/mol. The number of rotatable bonds is 40. The molecule has 2 N–H and O–H groups in total. The normalized spacial score (nSPS) is 11.8. The zero-order chi connectivity index (χ0) is 36.1. The van der Waals surface area contributed by atoms with Crippen LogP contribution in [0.2, 0.25) is 0 Å². The van der Waals surface area contributed by atoms with Crippen LogP contribution in [0.4, 0.5) is 0 Å². The molecule has 0 aromatic heterocycles. The van der Waals surface area contributed by atoms with Crippen LogP contribution < -0.4 is 4.74 Å². The molecule has 0 bridgehead atoms. The number of benzene rings is 1. The first-order chi connectivity index (χ1) is 24.5. The number of phosphoric acid groups is 1. The fraction of sp³-hybridized carbons (Fsp3) is 0.829. The molecule has 0 saturated carbocycles. The first-order valence-electron chi connectivity index (χ1n) is 18.1. The molecule has 294 valence electrons. The average Bonchev–Trinajstić information content (AvgIpc) is 3.10. The van der Waals surface area contributed by atoms with Crippen LogP contribution in [0, 0.1) is 0 Å². The van der Waals surface area contributed by atoms with Gasteiger partial charge in [0.15, 0.2) is 0 Å². The smallest absolute Gasteiger partial charge is 0.469 e. The molecule has 0 heterocycles. The van der Waals surface area contributed by atoms with Crippen LogP contribution in [0.1, 0.15) is 57.4 Å². The fourth-order valence-electron chi connectivity index (χ4n) is 4.41. The van der Waals surface area contributed by atoms with Crippen molar-refractivity contribution in [1.29, 1.82) is 0 Å². The van der Waals surface area contributed by atoms with E-state index < -0.39 is 7.82 Å². The van der Waals surface area contributed by atoms with Gasteiger partial charge in [-0.1, -0.05) is 63.6 Å². The van der Waals surface area contributed by atoms with Gasteiger partial charge in [0.1, 0.15) is 12.4 Å². The standard InChI is InChI=1S/C35H65O14P/c1-2-3-4-5-6-7-8-11-34-12-9-10-13-35(34)48-32-30-46-28-26-44-24-22-42-20-18-40-16-14-39-15-17-41-19-21-43-23-25-45-27-29-47-31-33-49-50(36,37)38/h9-10,12-13H,2-8,11,14-33H2,1H3,(H2,36,37,38). The highest BCUT2D eigenvalue weighted by Gasteiger charge is 2.12. The molecule has 0 saturated heterocycles. The Morgan fingerprint density at radius 1 is 0.460 bits per heavy atom. The Kier molecular flexibility index (Phi) is 33.8. The minimum absolute atomic E-state index is 0.0795. The van der Waals surface area contributed by atoms with E-state index in [1.165, 1.54) is 50.5 Å². The third-order valence-corrected chi connectivity index (χ3v) is 7.49. The van der Waals surface area contributed by atoms with E-state index >= 15 is 0 Å². The second-order valence-electron chi connectivity index (χ2n) is 11.2. The molecule has 14 nitrogen and oxygen atoms in total. The molecule has 50 heavy (non-hydrogen) atoms. The summed E-state index contributed by atoms with van der Waals surface area (Å²) in [6.07, 6.45) is 10.2. The van der Waals surface area contributed by atoms with Gasteiger partial charge in [0.25, 0.3) is 0 Å². The van der Waals surface area contributed by atoms with Crippen molar-refractivity contribution in [3.63, 3.8) is 0 Å². The molecule has 0 aliphatic carbocycles. The van der Waals surface area contributed by atoms with Crippen LogP contribution in [0.3, 0.4) is 0 Å². The van der Waals surface area contributed by atoms with E-state index in [0.717, 1.165) is 12.2 Å². The summed E-state index contributed by atoms with van der Waals surface area (Å²) >= 11 is 0. The molecule has 0 radical (unpaired) electrons. The lowest BCUT2D eigenvalue weighted by molar-refractivity contribution is -0.0258. The molecule has 0 aliphatic heterocycles. The Hall–Kier alpha value is -1.23. The van der Waals surface area contributed by atoms with Crippen molar-refractivity contribution in [3.8, 4) is 5.75 Å². The molecule has 1 aromatic rings. The summed E-state index contributed by atoms with van der Waals surface area (Å²) in [5.41, 5.74) is 1.28. The molecule has 0 aliphatic rings. The van der Waals surface area contributed by atoms with E-state index in [4.69, 9.17) is 57.2 Å². The van der Waals surface area contributed by atoms with E-state index in [1.807, 2.05) is 12.1 Å². The Labute approximate surface area is 299 Å². The molecule has 15 heteroatoms. The number of unbranched alkanes of at least 4 members (excludes halogenated alkanes) is 6. The summed E-state index contributed by atoms with van der Waals surface area (Å²) in [7, 11) is -4.44. The molecule has 0 spiro atoms. The van der Waals surface area contributed by atoms with Gasteiger partial charge in [0.2, 0.25) is 0 Å². The molecule has 0 unspecified atom stereocenters. The number of para-hydroxylation sites is 1. The Morgan fingerprint density at radius 3 is 1.20 bits per heavy atom. The predicted octanol–water partition coefficient (Wildman–Crippen LogP) is 4.62. The van der Waals surface area contributed by atoms with Crippen LogP contribution in [0.15, 0.2) is 24.3 Å². The van der Waals surface area contributed by atoms with Crippen molar-refractivity contribution in [3.05, 3.63) is 29.8 Å². The minimum atomic E-state index is -4.44. The van der Waals surface area contributed by atoms with E-state index in [9.17, 15) is 4.57 Å². The molecule has 0 amide bonds. The minimum Gasteiger partial charge on any atom is -0.491 e. The Morgan fingerprint density at radius 2 is 0.800 bits per heavy atom. The first-order valence-corrected chi connectivity index (χ1v) is 19.7. The number of hydrogen-bond donors (Lipinski definition) is 2. The first kappa shape index (κ1) is 46.8. The largest absolute Gasteiger partial charge is 0.491 e. The lowest BCUT2D eigenvalue weighted by atomic mass is 10.0. The maximum Gasteiger partial charge on any atom is 0.469 e. The monoisotopic (exact) mass is 740 g/mol. The van der Waals surface area contributed by atoms with Crippen molar-refractivity contribution < 1.29 is 66.2 Å². The second kappa shape index (κ2) is 36.1. The third-order valence-electron chi connectivity index (χ3n) is 6.97. The maximum absolute atomic E-state index is 10.5. The fourth-order valence-corrected chi connectivity index (χ4v) is 4.72. The van der Waals surface area contributed by atoms with E-state index in [1.54, 1.807) is 0 Å². The van der Waals surface area contributed by atoms with Crippen molar-refractivity contribution >= 4 is 7.82 Å². The summed E-state index contributed by atoms with van der Waals surface area (Å²) in [6.45, 7) is 10.6. The number of aryl methyl sites for hydroxylation is 1. The highest BCUT2D eigenvalue weighted by molar-refractivity contribution is 7.46. The van der Waals surface area contributed by atoms with Gasteiger partial charge in [-0.2, -0.15) is 0 Å². The summed E-state index contributed by atoms with van der Waals surface area (Å²) in [5, 5.41) is 0. The zero-order valence-corrected chi connectivity index (χ0v) is 31.2. The quantitative estimate of drug-likeness (QED) is 0.0709. The molecule has 0 fully saturated rings. The third kappa shape index (κ3) is 33.9. The summed E-state index contributed by atoms with van der Waals surface area (Å²) in [4.78, 5) is 17.1. The lowest BCUT2D eigenvalue weighted by Gasteiger charge is -2.12. The van der Waals surface area contributed by atoms with Crippen LogP contribution in [-0.4, -0.2) is 142 Å². The van der Waals surface area contributed by atoms with Crippen LogP contribution in [0.5, 0.6) is 5.75 Å². The van der Waals surface area contributed by atoms with Crippen LogP contribution >= 0.6 is 7.82 Å². The highest BCUT2D eigenvalue weighted by atomic mass is 31.2. The predicted molar refractivity (Wildman–Crippen MR) is 189 cm³/mol. The molecule has 0 atom stereocenters. The Bertz CT molecular complexity index is 891. The number of phosphoric ester groups is 1. The average molecular weight is 741 g/mol. The van der Waals surface area contributed by atoms with Crippen LogP contribution in [-0.2, 0) is 58.1 Å². The van der Waals surface area contributed by atoms with Gasteiger partial charge in [-0.15, -0.1) is 0 Å². The van der Waals surface area contributed by atoms with Gasteiger partial charge in [0, 0.05) is 0 Å². The number of ether oxygens (including phenoxy) is 10. The molecule has 1 aromatic carbocycles. The zero-order valence-electron chi connectivity index (χ0n) is 30.3. The van der Waals surface area contributed by atoms with Gasteiger partial charge >= 0.3 is 7.82 Å².